The van der Waals surface area contributed by atoms with E-state index < -0.39 is 12.0 Å². The number of benzene rings is 2. The van der Waals surface area contributed by atoms with Crippen molar-refractivity contribution >= 4 is 23.4 Å². The van der Waals surface area contributed by atoms with Gasteiger partial charge in [0, 0.05) is 0 Å². The molecule has 4 rings (SSSR count). The number of rotatable bonds is 8. The van der Waals surface area contributed by atoms with Crippen molar-refractivity contribution in [1.29, 1.82) is 0 Å². The number of thiazole rings is 1. The Kier molecular flexibility index (Phi) is 7.97. The first kappa shape index (κ1) is 26.4. The Labute approximate surface area is 220 Å². The maximum atomic E-state index is 13.8. The lowest BCUT2D eigenvalue weighted by molar-refractivity contribution is -0.139. The van der Waals surface area contributed by atoms with Crippen molar-refractivity contribution in [2.24, 2.45) is 4.99 Å². The fraction of sp³-hybridized carbons (Fsp3) is 0.345. The molecule has 1 aliphatic rings. The molecule has 1 aromatic heterocycles. The summed E-state index contributed by atoms with van der Waals surface area (Å²) in [4.78, 5) is 32.0. The summed E-state index contributed by atoms with van der Waals surface area (Å²) in [6, 6.07) is 12.9. The molecule has 0 amide bonds. The van der Waals surface area contributed by atoms with Gasteiger partial charge in [-0.2, -0.15) is 0 Å². The second kappa shape index (κ2) is 11.2. The predicted octanol–water partition coefficient (Wildman–Crippen LogP) is 4.33. The Morgan fingerprint density at radius 2 is 1.84 bits per heavy atom. The summed E-state index contributed by atoms with van der Waals surface area (Å²) in [7, 11) is 1.58. The zero-order valence-electron chi connectivity index (χ0n) is 22.0. The number of fused-ring (bicyclic) bond motifs is 1. The van der Waals surface area contributed by atoms with Crippen LogP contribution in [0, 0.1) is 0 Å². The van der Waals surface area contributed by atoms with Crippen LogP contribution in [0.4, 0.5) is 0 Å². The molecular weight excluding hydrogens is 488 g/mol. The SMILES string of the molecule is CCOC(=O)C1=C(C)N=c2s/c(=C\c3ccc(OCC)c(OC)c3)c(=O)n2C1c1ccc(C(C)C)cc1. The largest absolute Gasteiger partial charge is 0.493 e. The van der Waals surface area contributed by atoms with Crippen LogP contribution in [0.25, 0.3) is 6.08 Å². The van der Waals surface area contributed by atoms with E-state index >= 15 is 0 Å². The second-order valence-corrected chi connectivity index (χ2v) is 9.98. The van der Waals surface area contributed by atoms with E-state index in [1.807, 2.05) is 55.5 Å². The van der Waals surface area contributed by atoms with Gasteiger partial charge in [0.2, 0.25) is 0 Å². The standard InChI is InChI=1S/C29H32N2O5S/c1-7-35-22-14-9-19(15-23(22)34-6)16-24-27(32)31-26(21-12-10-20(11-13-21)17(3)4)25(28(33)36-8-2)18(5)30-29(31)37-24/h9-17,26H,7-8H2,1-6H3/b24-16-. The lowest BCUT2D eigenvalue weighted by Gasteiger charge is -2.25. The topological polar surface area (TPSA) is 79.1 Å². The minimum absolute atomic E-state index is 0.219. The Bertz CT molecular complexity index is 1510. The number of carbonyl (C=O) groups is 1. The zero-order chi connectivity index (χ0) is 26.7. The van der Waals surface area contributed by atoms with Crippen molar-refractivity contribution in [1.82, 2.24) is 4.57 Å². The van der Waals surface area contributed by atoms with E-state index in [9.17, 15) is 9.59 Å². The van der Waals surface area contributed by atoms with Gasteiger partial charge in [-0.15, -0.1) is 0 Å². The molecule has 0 N–H and O–H groups in total. The minimum Gasteiger partial charge on any atom is -0.493 e. The van der Waals surface area contributed by atoms with Crippen LogP contribution in [0.5, 0.6) is 11.5 Å². The Hall–Kier alpha value is -3.65. The average molecular weight is 521 g/mol. The number of ether oxygens (including phenoxy) is 3. The molecule has 7 nitrogen and oxygen atoms in total. The third kappa shape index (κ3) is 5.25. The van der Waals surface area contributed by atoms with Gasteiger partial charge in [0.25, 0.3) is 5.56 Å². The molecule has 1 unspecified atom stereocenters. The average Bonchev–Trinajstić information content (AvgIpc) is 3.18. The molecule has 37 heavy (non-hydrogen) atoms. The number of hydrogen-bond donors (Lipinski definition) is 0. The van der Waals surface area contributed by atoms with Crippen molar-refractivity contribution in [2.75, 3.05) is 20.3 Å². The summed E-state index contributed by atoms with van der Waals surface area (Å²) in [6.45, 7) is 10.5. The number of allylic oxidation sites excluding steroid dienone is 1. The van der Waals surface area contributed by atoms with Gasteiger partial charge in [-0.25, -0.2) is 9.79 Å². The number of methoxy groups -OCH3 is 1. The molecule has 8 heteroatoms. The molecular formula is C29H32N2O5S. The first-order valence-electron chi connectivity index (χ1n) is 12.4. The maximum Gasteiger partial charge on any atom is 0.338 e. The molecule has 1 atom stereocenters. The monoisotopic (exact) mass is 520 g/mol. The third-order valence-electron chi connectivity index (χ3n) is 6.22. The lowest BCUT2D eigenvalue weighted by Crippen LogP contribution is -2.39. The quantitative estimate of drug-likeness (QED) is 0.413. The van der Waals surface area contributed by atoms with Crippen LogP contribution in [-0.4, -0.2) is 30.9 Å². The van der Waals surface area contributed by atoms with Crippen LogP contribution in [0.1, 0.15) is 63.3 Å². The zero-order valence-corrected chi connectivity index (χ0v) is 22.8. The van der Waals surface area contributed by atoms with Crippen LogP contribution in [-0.2, 0) is 9.53 Å². The summed E-state index contributed by atoms with van der Waals surface area (Å²) in [5.41, 5.74) is 3.51. The van der Waals surface area contributed by atoms with E-state index in [1.165, 1.54) is 16.9 Å². The molecule has 0 saturated carbocycles. The molecule has 2 heterocycles. The van der Waals surface area contributed by atoms with Gasteiger partial charge >= 0.3 is 5.97 Å². The first-order valence-corrected chi connectivity index (χ1v) is 13.2. The fourth-order valence-corrected chi connectivity index (χ4v) is 5.42. The second-order valence-electron chi connectivity index (χ2n) is 8.97. The van der Waals surface area contributed by atoms with Crippen LogP contribution in [0.2, 0.25) is 0 Å². The van der Waals surface area contributed by atoms with Crippen molar-refractivity contribution in [3.63, 3.8) is 0 Å². The van der Waals surface area contributed by atoms with E-state index in [0.29, 0.717) is 44.6 Å². The van der Waals surface area contributed by atoms with Crippen LogP contribution in [0.15, 0.2) is 63.5 Å². The van der Waals surface area contributed by atoms with E-state index in [-0.39, 0.29) is 12.2 Å². The predicted molar refractivity (Wildman–Crippen MR) is 145 cm³/mol. The first-order chi connectivity index (χ1) is 17.8. The molecule has 0 bridgehead atoms. The molecule has 3 aromatic rings. The van der Waals surface area contributed by atoms with Crippen LogP contribution in [0.3, 0.4) is 0 Å². The Morgan fingerprint density at radius 1 is 1.11 bits per heavy atom. The molecule has 194 valence electrons. The minimum atomic E-state index is -0.631. The molecule has 0 radical (unpaired) electrons. The molecule has 0 fully saturated rings. The molecule has 0 saturated heterocycles. The van der Waals surface area contributed by atoms with Gasteiger partial charge in [-0.3, -0.25) is 9.36 Å². The highest BCUT2D eigenvalue weighted by Gasteiger charge is 2.33. The summed E-state index contributed by atoms with van der Waals surface area (Å²) >= 11 is 1.29. The number of aromatic nitrogens is 1. The van der Waals surface area contributed by atoms with Gasteiger partial charge in [-0.1, -0.05) is 55.5 Å². The number of hydrogen-bond acceptors (Lipinski definition) is 7. The van der Waals surface area contributed by atoms with Crippen LogP contribution >= 0.6 is 11.3 Å². The maximum absolute atomic E-state index is 13.8. The van der Waals surface area contributed by atoms with Gasteiger partial charge in [0.15, 0.2) is 16.3 Å². The number of esters is 1. The van der Waals surface area contributed by atoms with Crippen molar-refractivity contribution in [3.05, 3.63) is 90.1 Å². The Balaban J connectivity index is 1.89. The highest BCUT2D eigenvalue weighted by atomic mass is 32.1. The van der Waals surface area contributed by atoms with Crippen molar-refractivity contribution in [2.45, 2.75) is 46.6 Å². The van der Waals surface area contributed by atoms with Crippen molar-refractivity contribution < 1.29 is 19.0 Å². The number of nitrogens with zero attached hydrogens (tertiary/aromatic N) is 2. The van der Waals surface area contributed by atoms with E-state index in [4.69, 9.17) is 14.2 Å². The van der Waals surface area contributed by atoms with E-state index in [0.717, 1.165) is 11.1 Å². The molecule has 0 aliphatic carbocycles. The smallest absolute Gasteiger partial charge is 0.338 e. The summed E-state index contributed by atoms with van der Waals surface area (Å²) in [5, 5.41) is 0. The highest BCUT2D eigenvalue weighted by Crippen LogP contribution is 2.32. The highest BCUT2D eigenvalue weighted by molar-refractivity contribution is 7.07. The normalized spacial score (nSPS) is 15.4. The molecule has 2 aromatic carbocycles. The van der Waals surface area contributed by atoms with Crippen molar-refractivity contribution in [3.8, 4) is 11.5 Å². The summed E-state index contributed by atoms with van der Waals surface area (Å²) in [5.74, 6) is 1.13. The number of carbonyl (C=O) groups excluding carboxylic acids is 1. The van der Waals surface area contributed by atoms with Gasteiger partial charge < -0.3 is 14.2 Å². The van der Waals surface area contributed by atoms with Crippen LogP contribution < -0.4 is 24.4 Å². The molecule has 1 aliphatic heterocycles. The lowest BCUT2D eigenvalue weighted by atomic mass is 9.93. The Morgan fingerprint density at radius 3 is 2.46 bits per heavy atom. The fourth-order valence-electron chi connectivity index (χ4n) is 4.37. The third-order valence-corrected chi connectivity index (χ3v) is 7.20. The summed E-state index contributed by atoms with van der Waals surface area (Å²) < 4.78 is 18.6. The van der Waals surface area contributed by atoms with Gasteiger partial charge in [0.1, 0.15) is 0 Å². The van der Waals surface area contributed by atoms with E-state index in [1.54, 1.807) is 25.5 Å². The van der Waals surface area contributed by atoms with Gasteiger partial charge in [0.05, 0.1) is 42.2 Å². The van der Waals surface area contributed by atoms with E-state index in [2.05, 4.69) is 18.8 Å². The molecule has 0 spiro atoms. The van der Waals surface area contributed by atoms with Gasteiger partial charge in [-0.05, 0) is 61.6 Å². The summed E-state index contributed by atoms with van der Waals surface area (Å²) in [6.07, 6.45) is 1.81.